The van der Waals surface area contributed by atoms with Crippen LogP contribution >= 0.6 is 0 Å². The summed E-state index contributed by atoms with van der Waals surface area (Å²) in [6, 6.07) is 5.47. The number of methoxy groups -OCH3 is 1. The summed E-state index contributed by atoms with van der Waals surface area (Å²) in [5.41, 5.74) is 1.31. The van der Waals surface area contributed by atoms with Crippen LogP contribution in [0.3, 0.4) is 0 Å². The van der Waals surface area contributed by atoms with Gasteiger partial charge >= 0.3 is 12.1 Å². The van der Waals surface area contributed by atoms with Crippen LogP contribution in [0.5, 0.6) is 0 Å². The first-order valence-corrected chi connectivity index (χ1v) is 11.4. The number of nitrogens with zero attached hydrogens (tertiary/aromatic N) is 2. The average Bonchev–Trinajstić information content (AvgIpc) is 3.13. The number of ether oxygens (including phenoxy) is 2. The second-order valence-electron chi connectivity index (χ2n) is 9.47. The highest BCUT2D eigenvalue weighted by molar-refractivity contribution is 6.07. The zero-order chi connectivity index (χ0) is 25.9. The third-order valence-corrected chi connectivity index (χ3v) is 5.78. The number of alkyl carbamates (subject to hydrolysis) is 1. The Labute approximate surface area is 204 Å². The number of anilines is 1. The number of fused-ring (bicyclic) bond motifs is 1. The fraction of sp³-hybridized carbons (Fsp3) is 0.440. The van der Waals surface area contributed by atoms with E-state index in [0.717, 1.165) is 24.1 Å². The highest BCUT2D eigenvalue weighted by Crippen LogP contribution is 2.34. The topological polar surface area (TPSA) is 117 Å². The first kappa shape index (κ1) is 25.8. The lowest BCUT2D eigenvalue weighted by Crippen LogP contribution is -2.46. The first-order chi connectivity index (χ1) is 16.4. The molecule has 0 saturated carbocycles. The average molecular weight is 485 g/mol. The molecule has 1 saturated heterocycles. The minimum atomic E-state index is -0.783. The van der Waals surface area contributed by atoms with E-state index in [-0.39, 0.29) is 29.9 Å². The zero-order valence-corrected chi connectivity index (χ0v) is 20.6. The standard InChI is InChI=1S/C25H32N4O6/c1-15(23(32)34-6)26-21(30)16(2)29-14-19-18(22(29)31)8-7-9-20(19)28-12-10-17(11-13-28)27-24(33)35-25(3,4)5/h7-9,17H,1-2,10-14H2,3-6H3,(H,26,30)(H,27,33). The summed E-state index contributed by atoms with van der Waals surface area (Å²) in [6.07, 6.45) is 1.03. The minimum absolute atomic E-state index is 0.00220. The van der Waals surface area contributed by atoms with E-state index in [1.165, 1.54) is 12.0 Å². The SMILES string of the molecule is C=C(NC(=O)C(=C)N1Cc2c(cccc2N2CCC(NC(=O)OC(C)(C)C)CC2)C1=O)C(=O)OC. The van der Waals surface area contributed by atoms with E-state index >= 15 is 0 Å². The number of nitrogens with one attached hydrogen (secondary N) is 2. The molecule has 10 heteroatoms. The molecular formula is C25H32N4O6. The van der Waals surface area contributed by atoms with E-state index in [4.69, 9.17) is 4.74 Å². The molecule has 2 aliphatic heterocycles. The third kappa shape index (κ3) is 6.00. The molecule has 3 rings (SSSR count). The van der Waals surface area contributed by atoms with Crippen molar-refractivity contribution < 1.29 is 28.7 Å². The normalized spacial score (nSPS) is 15.8. The monoisotopic (exact) mass is 484 g/mol. The maximum atomic E-state index is 13.0. The van der Waals surface area contributed by atoms with Crippen LogP contribution < -0.4 is 15.5 Å². The molecule has 2 heterocycles. The van der Waals surface area contributed by atoms with Gasteiger partial charge in [0.05, 0.1) is 13.7 Å². The van der Waals surface area contributed by atoms with Crippen LogP contribution in [-0.4, -0.2) is 60.6 Å². The van der Waals surface area contributed by atoms with E-state index in [1.807, 2.05) is 32.9 Å². The van der Waals surface area contributed by atoms with Gasteiger partial charge in [-0.15, -0.1) is 0 Å². The fourth-order valence-electron chi connectivity index (χ4n) is 4.08. The van der Waals surface area contributed by atoms with E-state index in [1.54, 1.807) is 6.07 Å². The first-order valence-electron chi connectivity index (χ1n) is 11.4. The number of amides is 3. The summed E-state index contributed by atoms with van der Waals surface area (Å²) in [7, 11) is 1.17. The van der Waals surface area contributed by atoms with Gasteiger partial charge in [0, 0.05) is 35.9 Å². The van der Waals surface area contributed by atoms with Crippen LogP contribution in [0.4, 0.5) is 10.5 Å². The van der Waals surface area contributed by atoms with Crippen LogP contribution in [0.1, 0.15) is 49.5 Å². The molecule has 0 atom stereocenters. The lowest BCUT2D eigenvalue weighted by Gasteiger charge is -2.35. The van der Waals surface area contributed by atoms with Gasteiger partial charge in [0.1, 0.15) is 17.0 Å². The lowest BCUT2D eigenvalue weighted by molar-refractivity contribution is -0.137. The number of rotatable bonds is 6. The molecule has 3 amide bonds. The van der Waals surface area contributed by atoms with Gasteiger partial charge in [-0.3, -0.25) is 14.5 Å². The summed E-state index contributed by atoms with van der Waals surface area (Å²) in [6.45, 7) is 14.2. The highest BCUT2D eigenvalue weighted by Gasteiger charge is 2.35. The van der Waals surface area contributed by atoms with Gasteiger partial charge in [-0.05, 0) is 45.7 Å². The molecule has 0 aliphatic carbocycles. The Morgan fingerprint density at radius 1 is 1.11 bits per heavy atom. The summed E-state index contributed by atoms with van der Waals surface area (Å²) < 4.78 is 9.87. The molecule has 2 aliphatic rings. The number of hydrogen-bond donors (Lipinski definition) is 2. The predicted octanol–water partition coefficient (Wildman–Crippen LogP) is 2.45. The minimum Gasteiger partial charge on any atom is -0.464 e. The molecule has 2 N–H and O–H groups in total. The zero-order valence-electron chi connectivity index (χ0n) is 20.6. The van der Waals surface area contributed by atoms with Crippen molar-refractivity contribution in [1.82, 2.24) is 15.5 Å². The van der Waals surface area contributed by atoms with E-state index in [2.05, 4.69) is 33.4 Å². The summed E-state index contributed by atoms with van der Waals surface area (Å²) in [5, 5.41) is 5.23. The van der Waals surface area contributed by atoms with E-state index in [0.29, 0.717) is 18.7 Å². The van der Waals surface area contributed by atoms with Gasteiger partial charge in [0.25, 0.3) is 11.8 Å². The Kier molecular flexibility index (Phi) is 7.52. The van der Waals surface area contributed by atoms with Gasteiger partial charge in [-0.2, -0.15) is 0 Å². The molecular weight excluding hydrogens is 452 g/mol. The third-order valence-electron chi connectivity index (χ3n) is 5.78. The van der Waals surface area contributed by atoms with Crippen LogP contribution in [0, 0.1) is 0 Å². The number of hydrogen-bond acceptors (Lipinski definition) is 7. The Balaban J connectivity index is 1.65. The number of carbonyl (C=O) groups excluding carboxylic acids is 4. The Hall–Kier alpha value is -3.82. The number of esters is 1. The Bertz CT molecular complexity index is 1070. The molecule has 0 spiro atoms. The summed E-state index contributed by atoms with van der Waals surface area (Å²) >= 11 is 0. The van der Waals surface area contributed by atoms with Crippen molar-refractivity contribution in [2.45, 2.75) is 51.8 Å². The van der Waals surface area contributed by atoms with Gasteiger partial charge in [-0.1, -0.05) is 19.2 Å². The maximum absolute atomic E-state index is 13.0. The van der Waals surface area contributed by atoms with Gasteiger partial charge in [-0.25, -0.2) is 9.59 Å². The summed E-state index contributed by atoms with van der Waals surface area (Å²) in [4.78, 5) is 52.6. The number of piperidine rings is 1. The Morgan fingerprint density at radius 3 is 2.37 bits per heavy atom. The van der Waals surface area contributed by atoms with Crippen LogP contribution in [0.25, 0.3) is 0 Å². The Morgan fingerprint density at radius 2 is 1.77 bits per heavy atom. The molecule has 1 aromatic carbocycles. The number of benzene rings is 1. The van der Waals surface area contributed by atoms with Crippen molar-refractivity contribution in [3.8, 4) is 0 Å². The molecule has 0 radical (unpaired) electrons. The van der Waals surface area contributed by atoms with Crippen molar-refractivity contribution in [1.29, 1.82) is 0 Å². The predicted molar refractivity (Wildman–Crippen MR) is 129 cm³/mol. The van der Waals surface area contributed by atoms with Crippen molar-refractivity contribution in [3.63, 3.8) is 0 Å². The van der Waals surface area contributed by atoms with Gasteiger partial charge < -0.3 is 25.0 Å². The van der Waals surface area contributed by atoms with E-state index in [9.17, 15) is 19.2 Å². The quantitative estimate of drug-likeness (QED) is 0.470. The second-order valence-corrected chi connectivity index (χ2v) is 9.47. The largest absolute Gasteiger partial charge is 0.464 e. The molecule has 35 heavy (non-hydrogen) atoms. The van der Waals surface area contributed by atoms with Crippen molar-refractivity contribution in [2.75, 3.05) is 25.1 Å². The van der Waals surface area contributed by atoms with E-state index < -0.39 is 23.6 Å². The molecule has 0 bridgehead atoms. The van der Waals surface area contributed by atoms with Crippen LogP contribution in [0.2, 0.25) is 0 Å². The molecule has 188 valence electrons. The van der Waals surface area contributed by atoms with Gasteiger partial charge in [0.15, 0.2) is 0 Å². The maximum Gasteiger partial charge on any atom is 0.407 e. The van der Waals surface area contributed by atoms with Crippen molar-refractivity contribution in [3.05, 3.63) is 53.9 Å². The number of carbonyl (C=O) groups is 4. The smallest absolute Gasteiger partial charge is 0.407 e. The molecule has 1 fully saturated rings. The highest BCUT2D eigenvalue weighted by atomic mass is 16.6. The second kappa shape index (κ2) is 10.2. The van der Waals surface area contributed by atoms with Crippen LogP contribution in [0.15, 0.2) is 42.8 Å². The van der Waals surface area contributed by atoms with Gasteiger partial charge in [0.2, 0.25) is 0 Å². The van der Waals surface area contributed by atoms with Crippen molar-refractivity contribution in [2.24, 2.45) is 0 Å². The molecule has 1 aromatic rings. The molecule has 0 aromatic heterocycles. The fourth-order valence-corrected chi connectivity index (χ4v) is 4.08. The van der Waals surface area contributed by atoms with Crippen LogP contribution in [-0.2, 0) is 25.6 Å². The van der Waals surface area contributed by atoms with Crippen molar-refractivity contribution >= 4 is 29.6 Å². The summed E-state index contributed by atoms with van der Waals surface area (Å²) in [5.74, 6) is -1.83. The molecule has 10 nitrogen and oxygen atoms in total. The lowest BCUT2D eigenvalue weighted by atomic mass is 10.0. The molecule has 0 unspecified atom stereocenters.